The van der Waals surface area contributed by atoms with Crippen LogP contribution in [0.3, 0.4) is 0 Å². The number of aromatic nitrogens is 1. The molecule has 0 spiro atoms. The Morgan fingerprint density at radius 1 is 1.44 bits per heavy atom. The fourth-order valence-electron chi connectivity index (χ4n) is 1.18. The van der Waals surface area contributed by atoms with Crippen molar-refractivity contribution in [2.24, 2.45) is 0 Å². The van der Waals surface area contributed by atoms with Crippen molar-refractivity contribution in [3.63, 3.8) is 0 Å². The second-order valence-corrected chi connectivity index (χ2v) is 5.56. The lowest BCUT2D eigenvalue weighted by Crippen LogP contribution is -2.34. The monoisotopic (exact) mass is 278 g/mol. The van der Waals surface area contributed by atoms with Gasteiger partial charge in [-0.15, -0.1) is 0 Å². The molecule has 0 fully saturated rings. The summed E-state index contributed by atoms with van der Waals surface area (Å²) in [5.41, 5.74) is 0. The molecule has 0 radical (unpaired) electrons. The van der Waals surface area contributed by atoms with Crippen LogP contribution >= 0.6 is 0 Å². The first kappa shape index (κ1) is 14.5. The van der Waals surface area contributed by atoms with Crippen LogP contribution in [-0.4, -0.2) is 31.1 Å². The summed E-state index contributed by atoms with van der Waals surface area (Å²) in [6, 6.07) is 3.74. The number of hydrogen-bond donors (Lipinski definition) is 1. The second kappa shape index (κ2) is 5.38. The van der Waals surface area contributed by atoms with Gasteiger partial charge in [0.2, 0.25) is 5.91 Å². The Balaban J connectivity index is 2.87. The topological polar surface area (TPSA) is 76.1 Å². The standard InChI is InChI=1S/C10H12F2N2O3S/c1-8(15)13-7-5-10(11,12)18(16,17)9-4-2-3-6-14-9/h2-4,6H,5,7H2,1H3,(H,13,15). The SMILES string of the molecule is CC(=O)NCCC(F)(F)S(=O)(=O)c1ccccn1. The van der Waals surface area contributed by atoms with Crippen LogP contribution in [0.5, 0.6) is 0 Å². The molecule has 100 valence electrons. The molecule has 0 aliphatic rings. The van der Waals surface area contributed by atoms with Gasteiger partial charge in [-0.3, -0.25) is 4.79 Å². The third-order valence-electron chi connectivity index (χ3n) is 2.10. The summed E-state index contributed by atoms with van der Waals surface area (Å²) in [4.78, 5) is 13.9. The zero-order chi connectivity index (χ0) is 13.8. The fourth-order valence-corrected chi connectivity index (χ4v) is 2.31. The Morgan fingerprint density at radius 2 is 2.11 bits per heavy atom. The minimum Gasteiger partial charge on any atom is -0.356 e. The molecule has 0 unspecified atom stereocenters. The first-order chi connectivity index (χ1) is 8.27. The lowest BCUT2D eigenvalue weighted by atomic mass is 10.4. The number of hydrogen-bond acceptors (Lipinski definition) is 4. The molecular formula is C10H12F2N2O3S. The maximum Gasteiger partial charge on any atom is 0.353 e. The number of amides is 1. The van der Waals surface area contributed by atoms with Gasteiger partial charge in [-0.05, 0) is 12.1 Å². The number of sulfone groups is 1. The van der Waals surface area contributed by atoms with Gasteiger partial charge in [0.05, 0.1) is 0 Å². The van der Waals surface area contributed by atoms with Crippen molar-refractivity contribution in [3.05, 3.63) is 24.4 Å². The van der Waals surface area contributed by atoms with Crippen molar-refractivity contribution in [1.82, 2.24) is 10.3 Å². The summed E-state index contributed by atoms with van der Waals surface area (Å²) in [6.45, 7) is 0.736. The number of rotatable bonds is 5. The molecule has 18 heavy (non-hydrogen) atoms. The normalized spacial score (nSPS) is 12.2. The van der Waals surface area contributed by atoms with Gasteiger partial charge in [0, 0.05) is 26.1 Å². The average molecular weight is 278 g/mol. The van der Waals surface area contributed by atoms with Crippen LogP contribution in [-0.2, 0) is 14.6 Å². The highest BCUT2D eigenvalue weighted by Crippen LogP contribution is 2.30. The van der Waals surface area contributed by atoms with E-state index in [9.17, 15) is 22.0 Å². The molecule has 1 heterocycles. The predicted octanol–water partition coefficient (Wildman–Crippen LogP) is 0.974. The fraction of sp³-hybridized carbons (Fsp3) is 0.400. The predicted molar refractivity (Wildman–Crippen MR) is 59.7 cm³/mol. The van der Waals surface area contributed by atoms with Crippen LogP contribution in [0.25, 0.3) is 0 Å². The largest absolute Gasteiger partial charge is 0.356 e. The minimum atomic E-state index is -4.83. The van der Waals surface area contributed by atoms with Crippen molar-refractivity contribution in [3.8, 4) is 0 Å². The van der Waals surface area contributed by atoms with Gasteiger partial charge in [0.25, 0.3) is 9.84 Å². The summed E-state index contributed by atoms with van der Waals surface area (Å²) in [5.74, 6) is -0.499. The van der Waals surface area contributed by atoms with E-state index in [1.165, 1.54) is 12.1 Å². The van der Waals surface area contributed by atoms with Crippen molar-refractivity contribution >= 4 is 15.7 Å². The number of carbonyl (C=O) groups excluding carboxylic acids is 1. The summed E-state index contributed by atoms with van der Waals surface area (Å²) in [5, 5.41) is -2.53. The van der Waals surface area contributed by atoms with Crippen LogP contribution in [0.4, 0.5) is 8.78 Å². The highest BCUT2D eigenvalue weighted by molar-refractivity contribution is 7.92. The van der Waals surface area contributed by atoms with Crippen molar-refractivity contribution in [1.29, 1.82) is 0 Å². The second-order valence-electron chi connectivity index (χ2n) is 3.54. The number of nitrogens with one attached hydrogen (secondary N) is 1. The zero-order valence-electron chi connectivity index (χ0n) is 9.56. The van der Waals surface area contributed by atoms with Crippen LogP contribution in [0, 0.1) is 0 Å². The molecule has 0 atom stereocenters. The third kappa shape index (κ3) is 3.22. The molecule has 0 aromatic carbocycles. The molecule has 0 aliphatic heterocycles. The first-order valence-corrected chi connectivity index (χ1v) is 6.53. The Labute approximate surface area is 103 Å². The van der Waals surface area contributed by atoms with E-state index < -0.39 is 39.0 Å². The lowest BCUT2D eigenvalue weighted by Gasteiger charge is -2.16. The molecule has 8 heteroatoms. The van der Waals surface area contributed by atoms with Gasteiger partial charge < -0.3 is 5.32 Å². The van der Waals surface area contributed by atoms with Gasteiger partial charge in [-0.2, -0.15) is 8.78 Å². The Kier molecular flexibility index (Phi) is 4.33. The van der Waals surface area contributed by atoms with E-state index in [1.54, 1.807) is 0 Å². The van der Waals surface area contributed by atoms with E-state index in [2.05, 4.69) is 10.3 Å². The highest BCUT2D eigenvalue weighted by atomic mass is 32.2. The minimum absolute atomic E-state index is 0.422. The van der Waals surface area contributed by atoms with E-state index in [1.807, 2.05) is 0 Å². The molecule has 0 aliphatic carbocycles. The molecule has 1 amide bonds. The van der Waals surface area contributed by atoms with E-state index in [-0.39, 0.29) is 0 Å². The van der Waals surface area contributed by atoms with Gasteiger partial charge in [-0.1, -0.05) is 6.07 Å². The molecule has 0 saturated heterocycles. The molecule has 1 aromatic rings. The Hall–Kier alpha value is -1.57. The van der Waals surface area contributed by atoms with Crippen molar-refractivity contribution in [2.45, 2.75) is 23.6 Å². The zero-order valence-corrected chi connectivity index (χ0v) is 10.4. The van der Waals surface area contributed by atoms with Gasteiger partial charge in [0.1, 0.15) is 0 Å². The van der Waals surface area contributed by atoms with Crippen LogP contribution in [0.1, 0.15) is 13.3 Å². The molecular weight excluding hydrogens is 266 g/mol. The first-order valence-electron chi connectivity index (χ1n) is 5.05. The van der Waals surface area contributed by atoms with E-state index in [0.29, 0.717) is 0 Å². The van der Waals surface area contributed by atoms with Crippen LogP contribution in [0.15, 0.2) is 29.4 Å². The number of carbonyl (C=O) groups is 1. The molecule has 1 N–H and O–H groups in total. The quantitative estimate of drug-likeness (QED) is 0.871. The van der Waals surface area contributed by atoms with Gasteiger partial charge in [0.15, 0.2) is 5.03 Å². The third-order valence-corrected chi connectivity index (χ3v) is 3.88. The molecule has 0 bridgehead atoms. The summed E-state index contributed by atoms with van der Waals surface area (Å²) >= 11 is 0. The number of alkyl halides is 2. The number of pyridine rings is 1. The Bertz CT molecular complexity index is 517. The van der Waals surface area contributed by atoms with Crippen LogP contribution in [0.2, 0.25) is 0 Å². The number of nitrogens with zero attached hydrogens (tertiary/aromatic N) is 1. The molecule has 0 saturated carbocycles. The summed E-state index contributed by atoms with van der Waals surface area (Å²) in [7, 11) is -4.83. The molecule has 1 aromatic heterocycles. The Morgan fingerprint density at radius 3 is 2.61 bits per heavy atom. The maximum absolute atomic E-state index is 13.6. The number of halogens is 2. The smallest absolute Gasteiger partial charge is 0.353 e. The maximum atomic E-state index is 13.6. The molecule has 5 nitrogen and oxygen atoms in total. The van der Waals surface area contributed by atoms with E-state index >= 15 is 0 Å². The highest BCUT2D eigenvalue weighted by Gasteiger charge is 2.46. The van der Waals surface area contributed by atoms with Crippen LogP contribution < -0.4 is 5.32 Å². The summed E-state index contributed by atoms with van der Waals surface area (Å²) < 4.78 is 50.3. The van der Waals surface area contributed by atoms with E-state index in [0.717, 1.165) is 19.2 Å². The van der Waals surface area contributed by atoms with Crippen molar-refractivity contribution < 1.29 is 22.0 Å². The van der Waals surface area contributed by atoms with E-state index in [4.69, 9.17) is 0 Å². The average Bonchev–Trinajstić information content (AvgIpc) is 2.29. The van der Waals surface area contributed by atoms with Gasteiger partial charge >= 0.3 is 5.25 Å². The van der Waals surface area contributed by atoms with Crippen molar-refractivity contribution in [2.75, 3.05) is 6.54 Å². The van der Waals surface area contributed by atoms with Gasteiger partial charge in [-0.25, -0.2) is 13.4 Å². The lowest BCUT2D eigenvalue weighted by molar-refractivity contribution is -0.119. The molecule has 1 rings (SSSR count). The summed E-state index contributed by atoms with van der Waals surface area (Å²) in [6.07, 6.45) is 0.127.